The van der Waals surface area contributed by atoms with Crippen molar-refractivity contribution in [3.05, 3.63) is 76.9 Å². The van der Waals surface area contributed by atoms with Gasteiger partial charge in [-0.05, 0) is 42.6 Å². The van der Waals surface area contributed by atoms with Gasteiger partial charge in [0.05, 0.1) is 27.4 Å². The number of rotatable bonds is 8. The van der Waals surface area contributed by atoms with Gasteiger partial charge in [0.1, 0.15) is 41.0 Å². The molecule has 3 aliphatic heterocycles. The molecule has 3 aromatic carbocycles. The average Bonchev–Trinajstić information content (AvgIpc) is 3.88. The van der Waals surface area contributed by atoms with Crippen LogP contribution in [0.3, 0.4) is 0 Å². The molecule has 0 spiro atoms. The van der Waals surface area contributed by atoms with Crippen LogP contribution in [0.1, 0.15) is 42.4 Å². The van der Waals surface area contributed by atoms with Crippen LogP contribution >= 0.6 is 11.3 Å². The molecule has 3 atom stereocenters. The van der Waals surface area contributed by atoms with Gasteiger partial charge in [-0.3, -0.25) is 9.69 Å². The number of carbonyl (C=O) groups is 1. The number of aromatic nitrogens is 2. The number of fused-ring (bicyclic) bond motifs is 3. The predicted molar refractivity (Wildman–Crippen MR) is 192 cm³/mol. The second-order valence-electron chi connectivity index (χ2n) is 14.2. The molecule has 5 aromatic rings. The van der Waals surface area contributed by atoms with Gasteiger partial charge in [0.15, 0.2) is 5.82 Å². The van der Waals surface area contributed by atoms with Crippen molar-refractivity contribution in [3.8, 4) is 23.2 Å². The Bertz CT molecular complexity index is 2350. The maximum Gasteiger partial charge on any atom is 0.417 e. The van der Waals surface area contributed by atoms with Crippen LogP contribution in [0.2, 0.25) is 0 Å². The van der Waals surface area contributed by atoms with Crippen molar-refractivity contribution in [2.75, 3.05) is 43.9 Å². The number of thiophene rings is 1. The summed E-state index contributed by atoms with van der Waals surface area (Å²) in [5, 5.41) is 9.18. The fraction of sp³-hybridized carbons (Fsp3) is 0.368. The van der Waals surface area contributed by atoms with E-state index in [1.807, 2.05) is 41.3 Å². The third-order valence-electron chi connectivity index (χ3n) is 10.9. The molecule has 0 radical (unpaired) electrons. The summed E-state index contributed by atoms with van der Waals surface area (Å²) < 4.78 is 98.0. The monoisotopic (exact) mass is 765 g/mol. The molecule has 2 aromatic heterocycles. The molecule has 9 nitrogen and oxygen atoms in total. The fourth-order valence-corrected chi connectivity index (χ4v) is 9.26. The SMILES string of the molecule is CN(c1nc(OC[C@@]23CCCN2C[C@H](F)C3)nc2c(F)c(-c3ccc(F)c4sc(N)c(C#N)c34)c(C(F)(F)F)cc12)[C@@H]1CC(=O)N(Cc2ccccc2)C1. The number of amides is 1. The van der Waals surface area contributed by atoms with E-state index in [2.05, 4.69) is 9.97 Å². The van der Waals surface area contributed by atoms with Gasteiger partial charge >= 0.3 is 12.2 Å². The van der Waals surface area contributed by atoms with Gasteiger partial charge in [0.25, 0.3) is 0 Å². The van der Waals surface area contributed by atoms with Crippen LogP contribution in [0, 0.1) is 23.0 Å². The number of benzene rings is 3. The molecular formula is C38H33F6N7O2S. The Kier molecular flexibility index (Phi) is 8.84. The van der Waals surface area contributed by atoms with E-state index in [-0.39, 0.29) is 76.3 Å². The van der Waals surface area contributed by atoms with E-state index in [0.717, 1.165) is 30.2 Å². The minimum atomic E-state index is -5.14. The van der Waals surface area contributed by atoms with Gasteiger partial charge in [0.2, 0.25) is 5.91 Å². The van der Waals surface area contributed by atoms with Crippen LogP contribution in [0.25, 0.3) is 32.1 Å². The van der Waals surface area contributed by atoms with Crippen LogP contribution in [-0.4, -0.2) is 76.7 Å². The lowest BCUT2D eigenvalue weighted by Gasteiger charge is -2.31. The van der Waals surface area contributed by atoms with Gasteiger partial charge in [-0.25, -0.2) is 13.2 Å². The molecule has 3 aliphatic rings. The zero-order chi connectivity index (χ0) is 38.1. The number of nitrogens with zero attached hydrogens (tertiary/aromatic N) is 6. The van der Waals surface area contributed by atoms with Crippen molar-refractivity contribution in [1.82, 2.24) is 19.8 Å². The summed E-state index contributed by atoms with van der Waals surface area (Å²) in [5.41, 5.74) is 2.67. The molecule has 280 valence electrons. The standard InChI is InChI=1S/C38H33F6N7O2S/c1-49(22-12-28(52)50(18-22)16-20-6-3-2-4-7-20)35-24-13-26(38(42,43)44)30(23-8-9-27(40)33-29(23)25(15-45)34(46)54-33)31(41)32(24)47-36(48-35)53-19-37-10-5-11-51(37)17-21(39)14-37/h2-4,6-9,13,21-22H,5,10-12,14,16-19,46H2,1H3/t21-,22-,37+/m1/s1. The summed E-state index contributed by atoms with van der Waals surface area (Å²) in [7, 11) is 1.56. The van der Waals surface area contributed by atoms with Crippen LogP contribution in [0.5, 0.6) is 6.01 Å². The predicted octanol–water partition coefficient (Wildman–Crippen LogP) is 7.45. The summed E-state index contributed by atoms with van der Waals surface area (Å²) in [6, 6.07) is 12.9. The molecule has 0 bridgehead atoms. The summed E-state index contributed by atoms with van der Waals surface area (Å²) in [4.78, 5) is 27.2. The first-order valence-electron chi connectivity index (χ1n) is 17.4. The first kappa shape index (κ1) is 35.9. The van der Waals surface area contributed by atoms with E-state index < -0.39 is 57.8 Å². The Balaban J connectivity index is 1.29. The molecule has 1 amide bonds. The number of halogens is 6. The molecule has 16 heteroatoms. The van der Waals surface area contributed by atoms with E-state index in [4.69, 9.17) is 10.5 Å². The molecule has 3 saturated heterocycles. The molecule has 0 unspecified atom stereocenters. The number of nitrogen functional groups attached to an aromatic ring is 1. The van der Waals surface area contributed by atoms with Gasteiger partial charge in [-0.2, -0.15) is 28.4 Å². The van der Waals surface area contributed by atoms with Crippen molar-refractivity contribution in [3.63, 3.8) is 0 Å². The number of likely N-dealkylation sites (N-methyl/N-ethyl adjacent to an activating group) is 1. The largest absolute Gasteiger partial charge is 0.461 e. The van der Waals surface area contributed by atoms with Gasteiger partial charge < -0.3 is 20.3 Å². The first-order chi connectivity index (χ1) is 25.8. The third kappa shape index (κ3) is 6.03. The van der Waals surface area contributed by atoms with Crippen molar-refractivity contribution >= 4 is 49.1 Å². The Hall–Kier alpha value is -5.14. The van der Waals surface area contributed by atoms with Gasteiger partial charge in [-0.1, -0.05) is 36.4 Å². The summed E-state index contributed by atoms with van der Waals surface area (Å²) in [6.45, 7) is 1.40. The van der Waals surface area contributed by atoms with E-state index in [9.17, 15) is 18.8 Å². The lowest BCUT2D eigenvalue weighted by molar-refractivity contribution is -0.137. The zero-order valence-corrected chi connectivity index (χ0v) is 29.7. The van der Waals surface area contributed by atoms with Crippen molar-refractivity contribution in [1.29, 1.82) is 5.26 Å². The minimum absolute atomic E-state index is 0.0117. The quantitative estimate of drug-likeness (QED) is 0.162. The Labute approximate surface area is 309 Å². The summed E-state index contributed by atoms with van der Waals surface area (Å²) >= 11 is 0.673. The molecule has 8 rings (SSSR count). The first-order valence-corrected chi connectivity index (χ1v) is 18.2. The summed E-state index contributed by atoms with van der Waals surface area (Å²) in [5.74, 6) is -2.52. The Morgan fingerprint density at radius 2 is 1.93 bits per heavy atom. The van der Waals surface area contributed by atoms with Crippen molar-refractivity contribution in [2.24, 2.45) is 0 Å². The van der Waals surface area contributed by atoms with Crippen LogP contribution < -0.4 is 15.4 Å². The second kappa shape index (κ2) is 13.3. The number of likely N-dealkylation sites (tertiary alicyclic amines) is 1. The number of hydrogen-bond acceptors (Lipinski definition) is 9. The minimum Gasteiger partial charge on any atom is -0.461 e. The molecule has 5 heterocycles. The van der Waals surface area contributed by atoms with Crippen molar-refractivity contribution in [2.45, 2.75) is 56.2 Å². The van der Waals surface area contributed by atoms with Crippen LogP contribution in [0.4, 0.5) is 37.2 Å². The number of alkyl halides is 4. The normalized spacial score (nSPS) is 21.7. The highest BCUT2D eigenvalue weighted by Crippen LogP contribution is 2.48. The number of hydrogen-bond donors (Lipinski definition) is 1. The Morgan fingerprint density at radius 3 is 2.67 bits per heavy atom. The molecule has 54 heavy (non-hydrogen) atoms. The van der Waals surface area contributed by atoms with Gasteiger partial charge in [-0.15, -0.1) is 11.3 Å². The third-order valence-corrected chi connectivity index (χ3v) is 11.9. The van der Waals surface area contributed by atoms with E-state index in [1.54, 1.807) is 11.9 Å². The van der Waals surface area contributed by atoms with Crippen molar-refractivity contribution < 1.29 is 35.9 Å². The smallest absolute Gasteiger partial charge is 0.417 e. The average molecular weight is 766 g/mol. The lowest BCUT2D eigenvalue weighted by Crippen LogP contribution is -2.43. The maximum atomic E-state index is 17.2. The van der Waals surface area contributed by atoms with E-state index in [1.165, 1.54) is 4.90 Å². The molecule has 0 aliphatic carbocycles. The number of nitrogens with two attached hydrogens (primary N) is 1. The van der Waals surface area contributed by atoms with Crippen LogP contribution in [0.15, 0.2) is 48.5 Å². The topological polar surface area (TPSA) is 112 Å². The van der Waals surface area contributed by atoms with Crippen LogP contribution in [-0.2, 0) is 17.5 Å². The molecular weight excluding hydrogens is 733 g/mol. The second-order valence-corrected chi connectivity index (χ2v) is 15.2. The fourth-order valence-electron chi connectivity index (χ4n) is 8.31. The highest BCUT2D eigenvalue weighted by atomic mass is 32.1. The number of anilines is 2. The Morgan fingerprint density at radius 1 is 1.15 bits per heavy atom. The maximum absolute atomic E-state index is 17.2. The highest BCUT2D eigenvalue weighted by molar-refractivity contribution is 7.23. The van der Waals surface area contributed by atoms with Gasteiger partial charge in [0, 0.05) is 55.9 Å². The highest BCUT2D eigenvalue weighted by Gasteiger charge is 2.49. The molecule has 2 N–H and O–H groups in total. The number of carbonyl (C=O) groups excluding carboxylic acids is 1. The zero-order valence-electron chi connectivity index (χ0n) is 28.9. The summed E-state index contributed by atoms with van der Waals surface area (Å²) in [6.07, 6.45) is -4.51. The molecule has 3 fully saturated rings. The van der Waals surface area contributed by atoms with E-state index in [0.29, 0.717) is 30.8 Å². The number of ether oxygens (including phenoxy) is 1. The lowest BCUT2D eigenvalue weighted by atomic mass is 9.92. The van der Waals surface area contributed by atoms with E-state index >= 15 is 17.6 Å². The molecule has 0 saturated carbocycles. The number of nitriles is 1.